The zero-order valence-corrected chi connectivity index (χ0v) is 18.8. The molecule has 3 aromatic rings. The van der Waals surface area contributed by atoms with Crippen molar-refractivity contribution in [2.75, 3.05) is 30.8 Å². The van der Waals surface area contributed by atoms with Crippen LogP contribution in [0.4, 0.5) is 20.4 Å². The van der Waals surface area contributed by atoms with E-state index in [4.69, 9.17) is 16.2 Å². The third-order valence-electron chi connectivity index (χ3n) is 6.91. The molecule has 3 aromatic heterocycles. The number of hydrogen-bond acceptors (Lipinski definition) is 9. The van der Waals surface area contributed by atoms with Gasteiger partial charge in [-0.25, -0.2) is 18.7 Å². The number of nitrogens with two attached hydrogens (primary N) is 2. The van der Waals surface area contributed by atoms with Gasteiger partial charge < -0.3 is 26.2 Å². The standard InChI is InChI=1S/C22H28F2N8O2/c1-34-17-4-5-31(10-22(17,26)18(33)19(23)24)16-9-27-15(12-2-3-12)7-13(16)6-14-8-30-32-20(14)28-11-29-21(32)25/h7-9,11-12,17-19,33H,2-6,10,26H2,1H3,(H2,25,28,29)/t17?,18-,22+/m1/s1. The Labute approximate surface area is 194 Å². The van der Waals surface area contributed by atoms with Crippen LogP contribution in [0, 0.1) is 0 Å². The molecule has 5 rings (SSSR count). The SMILES string of the molecule is COC1CCN(c2cnc(C3CC3)cc2Cc2cnn3c(N)ncnc23)C[C@@]1(N)[C@H](O)C(F)F. The maximum atomic E-state index is 13.5. The van der Waals surface area contributed by atoms with Crippen LogP contribution in [0.25, 0.3) is 5.65 Å². The Hall–Kier alpha value is -2.96. The fraction of sp³-hybridized carbons (Fsp3) is 0.545. The van der Waals surface area contributed by atoms with E-state index < -0.39 is 24.2 Å². The van der Waals surface area contributed by atoms with Gasteiger partial charge >= 0.3 is 0 Å². The molecule has 2 fully saturated rings. The fourth-order valence-electron chi connectivity index (χ4n) is 4.86. The lowest BCUT2D eigenvalue weighted by atomic mass is 9.81. The van der Waals surface area contributed by atoms with Gasteiger partial charge in [-0.3, -0.25) is 4.98 Å². The van der Waals surface area contributed by atoms with E-state index in [9.17, 15) is 13.9 Å². The summed E-state index contributed by atoms with van der Waals surface area (Å²) in [5.41, 5.74) is 14.8. The maximum Gasteiger partial charge on any atom is 0.266 e. The van der Waals surface area contributed by atoms with Crippen LogP contribution in [-0.2, 0) is 11.2 Å². The zero-order valence-electron chi connectivity index (χ0n) is 18.8. The molecule has 0 spiro atoms. The molecule has 1 saturated carbocycles. The van der Waals surface area contributed by atoms with Crippen LogP contribution in [0.15, 0.2) is 24.8 Å². The predicted molar refractivity (Wildman–Crippen MR) is 121 cm³/mol. The van der Waals surface area contributed by atoms with Gasteiger partial charge in [-0.2, -0.15) is 9.61 Å². The van der Waals surface area contributed by atoms with Crippen molar-refractivity contribution in [3.8, 4) is 0 Å². The molecule has 1 unspecified atom stereocenters. The number of methoxy groups -OCH3 is 1. The van der Waals surface area contributed by atoms with E-state index >= 15 is 0 Å². The van der Waals surface area contributed by atoms with Gasteiger partial charge in [0.15, 0.2) is 5.65 Å². The minimum absolute atomic E-state index is 0.00164. The van der Waals surface area contributed by atoms with Crippen molar-refractivity contribution in [1.29, 1.82) is 0 Å². The molecule has 12 heteroatoms. The quantitative estimate of drug-likeness (QED) is 0.459. The van der Waals surface area contributed by atoms with E-state index in [1.165, 1.54) is 18.0 Å². The molecule has 3 atom stereocenters. The summed E-state index contributed by atoms with van der Waals surface area (Å²) in [5.74, 6) is 0.670. The first-order valence-electron chi connectivity index (χ1n) is 11.3. The van der Waals surface area contributed by atoms with Gasteiger partial charge in [-0.15, -0.1) is 0 Å². The van der Waals surface area contributed by atoms with Crippen molar-refractivity contribution in [1.82, 2.24) is 24.6 Å². The Balaban J connectivity index is 1.52. The van der Waals surface area contributed by atoms with Crippen molar-refractivity contribution in [2.24, 2.45) is 5.73 Å². The van der Waals surface area contributed by atoms with E-state index in [1.807, 2.05) is 4.90 Å². The number of hydrogen-bond donors (Lipinski definition) is 3. The Morgan fingerprint density at radius 1 is 1.21 bits per heavy atom. The van der Waals surface area contributed by atoms with Crippen molar-refractivity contribution in [2.45, 2.75) is 55.8 Å². The second kappa shape index (κ2) is 8.67. The van der Waals surface area contributed by atoms with Crippen molar-refractivity contribution in [3.63, 3.8) is 0 Å². The van der Waals surface area contributed by atoms with E-state index in [0.717, 1.165) is 35.3 Å². The molecule has 4 heterocycles. The Kier molecular flexibility index (Phi) is 5.82. The molecular formula is C22H28F2N8O2. The largest absolute Gasteiger partial charge is 0.385 e. The predicted octanol–water partition coefficient (Wildman–Crippen LogP) is 1.12. The highest BCUT2D eigenvalue weighted by Crippen LogP contribution is 2.41. The summed E-state index contributed by atoms with van der Waals surface area (Å²) in [6.45, 7) is 0.521. The molecule has 1 saturated heterocycles. The number of anilines is 2. The molecule has 5 N–H and O–H groups in total. The molecule has 0 aromatic carbocycles. The molecule has 0 amide bonds. The summed E-state index contributed by atoms with van der Waals surface area (Å²) in [6.07, 6.45) is 2.22. The van der Waals surface area contributed by atoms with E-state index in [2.05, 4.69) is 26.1 Å². The summed E-state index contributed by atoms with van der Waals surface area (Å²) >= 11 is 0. The van der Waals surface area contributed by atoms with Gasteiger partial charge in [0.05, 0.1) is 29.7 Å². The summed E-state index contributed by atoms with van der Waals surface area (Å²) in [6, 6.07) is 2.06. The first-order chi connectivity index (χ1) is 16.3. The van der Waals surface area contributed by atoms with Crippen LogP contribution < -0.4 is 16.4 Å². The number of ether oxygens (including phenoxy) is 1. The number of rotatable bonds is 7. The van der Waals surface area contributed by atoms with Crippen molar-refractivity contribution in [3.05, 3.63) is 41.6 Å². The van der Waals surface area contributed by atoms with E-state index in [1.54, 1.807) is 12.4 Å². The molecule has 1 aliphatic heterocycles. The number of fused-ring (bicyclic) bond motifs is 1. The Bertz CT molecular complexity index is 1180. The summed E-state index contributed by atoms with van der Waals surface area (Å²) in [4.78, 5) is 14.9. The van der Waals surface area contributed by atoms with Crippen LogP contribution in [0.2, 0.25) is 0 Å². The zero-order chi connectivity index (χ0) is 24.0. The third-order valence-corrected chi connectivity index (χ3v) is 6.91. The van der Waals surface area contributed by atoms with Crippen LogP contribution in [0.3, 0.4) is 0 Å². The minimum Gasteiger partial charge on any atom is -0.385 e. The number of halogens is 2. The first kappa shape index (κ1) is 22.8. The number of alkyl halides is 2. The second-order valence-electron chi connectivity index (χ2n) is 9.15. The van der Waals surface area contributed by atoms with Crippen LogP contribution >= 0.6 is 0 Å². The maximum absolute atomic E-state index is 13.5. The molecular weight excluding hydrogens is 446 g/mol. The topological polar surface area (TPSA) is 141 Å². The van der Waals surface area contributed by atoms with Crippen molar-refractivity contribution < 1.29 is 18.6 Å². The summed E-state index contributed by atoms with van der Waals surface area (Å²) < 4.78 is 33.9. The van der Waals surface area contributed by atoms with Crippen LogP contribution in [0.5, 0.6) is 0 Å². The molecule has 0 radical (unpaired) electrons. The monoisotopic (exact) mass is 474 g/mol. The fourth-order valence-corrected chi connectivity index (χ4v) is 4.86. The van der Waals surface area contributed by atoms with Gasteiger partial charge in [-0.1, -0.05) is 0 Å². The number of aliphatic hydroxyl groups is 1. The average Bonchev–Trinajstić information content (AvgIpc) is 3.60. The number of pyridine rings is 1. The summed E-state index contributed by atoms with van der Waals surface area (Å²) in [5, 5.41) is 14.6. The van der Waals surface area contributed by atoms with Gasteiger partial charge in [0, 0.05) is 43.8 Å². The smallest absolute Gasteiger partial charge is 0.266 e. The highest BCUT2D eigenvalue weighted by Gasteiger charge is 2.50. The highest BCUT2D eigenvalue weighted by atomic mass is 19.3. The molecule has 182 valence electrons. The minimum atomic E-state index is -2.98. The number of piperidine rings is 1. The normalized spacial score (nSPS) is 24.2. The molecule has 2 aliphatic rings. The van der Waals surface area contributed by atoms with E-state index in [0.29, 0.717) is 31.0 Å². The summed E-state index contributed by atoms with van der Waals surface area (Å²) in [7, 11) is 1.43. The number of nitrogens with zero attached hydrogens (tertiary/aromatic N) is 6. The lowest BCUT2D eigenvalue weighted by Crippen LogP contribution is -2.70. The molecule has 1 aliphatic carbocycles. The number of aromatic nitrogens is 5. The second-order valence-corrected chi connectivity index (χ2v) is 9.15. The molecule has 0 bridgehead atoms. The lowest BCUT2D eigenvalue weighted by Gasteiger charge is -2.48. The van der Waals surface area contributed by atoms with Crippen LogP contribution in [0.1, 0.15) is 42.0 Å². The first-order valence-corrected chi connectivity index (χ1v) is 11.3. The molecule has 10 nitrogen and oxygen atoms in total. The van der Waals surface area contributed by atoms with Gasteiger partial charge in [-0.05, 0) is 30.9 Å². The van der Waals surface area contributed by atoms with E-state index in [-0.39, 0.29) is 12.5 Å². The molecule has 34 heavy (non-hydrogen) atoms. The van der Waals surface area contributed by atoms with Gasteiger partial charge in [0.2, 0.25) is 5.95 Å². The highest BCUT2D eigenvalue weighted by molar-refractivity contribution is 5.59. The Morgan fingerprint density at radius 2 is 2.00 bits per heavy atom. The Morgan fingerprint density at radius 3 is 2.71 bits per heavy atom. The number of nitrogen functional groups attached to an aromatic ring is 1. The average molecular weight is 475 g/mol. The number of aliphatic hydroxyl groups excluding tert-OH is 1. The van der Waals surface area contributed by atoms with Gasteiger partial charge in [0.25, 0.3) is 6.43 Å². The lowest BCUT2D eigenvalue weighted by molar-refractivity contribution is -0.102. The van der Waals surface area contributed by atoms with Gasteiger partial charge in [0.1, 0.15) is 12.4 Å². The van der Waals surface area contributed by atoms with Crippen LogP contribution in [-0.4, -0.2) is 74.0 Å². The van der Waals surface area contributed by atoms with Crippen molar-refractivity contribution >= 4 is 17.3 Å². The third kappa shape index (κ3) is 3.95.